The van der Waals surface area contributed by atoms with Crippen LogP contribution in [-0.4, -0.2) is 25.9 Å². The lowest BCUT2D eigenvalue weighted by Crippen LogP contribution is -2.24. The van der Waals surface area contributed by atoms with Crippen molar-refractivity contribution in [2.24, 2.45) is 0 Å². The number of hydrogen-bond acceptors (Lipinski definition) is 4. The van der Waals surface area contributed by atoms with Crippen molar-refractivity contribution in [3.05, 3.63) is 58.3 Å². The molecule has 30 heavy (non-hydrogen) atoms. The van der Waals surface area contributed by atoms with Crippen LogP contribution in [0.2, 0.25) is 0 Å². The molecular formula is C21H24FN5O3. The van der Waals surface area contributed by atoms with E-state index in [2.05, 4.69) is 15.6 Å². The van der Waals surface area contributed by atoms with Crippen molar-refractivity contribution in [1.82, 2.24) is 19.4 Å². The van der Waals surface area contributed by atoms with Crippen LogP contribution in [0.1, 0.15) is 32.3 Å². The number of carbonyl (C=O) groups excluding carboxylic acids is 2. The van der Waals surface area contributed by atoms with Crippen LogP contribution in [-0.2, 0) is 29.2 Å². The number of carbonyl (C=O) groups is 2. The van der Waals surface area contributed by atoms with Gasteiger partial charge in [-0.25, -0.2) is 14.2 Å². The fourth-order valence-electron chi connectivity index (χ4n) is 3.17. The van der Waals surface area contributed by atoms with Gasteiger partial charge in [0.05, 0.1) is 5.52 Å². The Labute approximate surface area is 172 Å². The molecule has 0 unspecified atom stereocenters. The van der Waals surface area contributed by atoms with Gasteiger partial charge in [0.2, 0.25) is 11.8 Å². The third kappa shape index (κ3) is 4.73. The highest BCUT2D eigenvalue weighted by Gasteiger charge is 2.14. The van der Waals surface area contributed by atoms with E-state index in [4.69, 9.17) is 0 Å². The van der Waals surface area contributed by atoms with Gasteiger partial charge in [0.1, 0.15) is 11.6 Å². The van der Waals surface area contributed by atoms with Crippen molar-refractivity contribution >= 4 is 28.8 Å². The highest BCUT2D eigenvalue weighted by molar-refractivity contribution is 5.93. The zero-order valence-electron chi connectivity index (χ0n) is 16.9. The van der Waals surface area contributed by atoms with E-state index in [-0.39, 0.29) is 42.7 Å². The minimum atomic E-state index is -0.348. The molecule has 2 heterocycles. The average Bonchev–Trinajstić information content (AvgIpc) is 3.01. The van der Waals surface area contributed by atoms with Gasteiger partial charge >= 0.3 is 5.69 Å². The van der Waals surface area contributed by atoms with Gasteiger partial charge in [0.15, 0.2) is 5.65 Å². The van der Waals surface area contributed by atoms with Crippen molar-refractivity contribution < 1.29 is 14.0 Å². The second kappa shape index (κ2) is 9.34. The Balaban J connectivity index is 1.56. The first-order valence-corrected chi connectivity index (χ1v) is 9.84. The second-order valence-corrected chi connectivity index (χ2v) is 6.76. The molecule has 2 aromatic heterocycles. The number of amides is 2. The summed E-state index contributed by atoms with van der Waals surface area (Å²) in [6.45, 7) is 5.02. The van der Waals surface area contributed by atoms with Gasteiger partial charge in [-0.05, 0) is 43.7 Å². The van der Waals surface area contributed by atoms with Crippen LogP contribution in [0.15, 0.2) is 41.2 Å². The fraction of sp³-hybridized carbons (Fsp3) is 0.333. The number of rotatable bonds is 8. The summed E-state index contributed by atoms with van der Waals surface area (Å²) in [6, 6.07) is 9.22. The normalized spacial score (nSPS) is 10.9. The molecule has 0 radical (unpaired) electrons. The molecule has 0 atom stereocenters. The Hall–Kier alpha value is -3.49. The Kier molecular flexibility index (Phi) is 6.61. The SMILES string of the molecule is CCn1c(=O)n(CC)c2nc(NC(=O)CCC(=O)NCc3ccc(F)cc3)ccc21. The fourth-order valence-corrected chi connectivity index (χ4v) is 3.17. The lowest BCUT2D eigenvalue weighted by molar-refractivity contribution is -0.124. The summed E-state index contributed by atoms with van der Waals surface area (Å²) in [6.07, 6.45) is 0.00662. The maximum atomic E-state index is 12.9. The summed E-state index contributed by atoms with van der Waals surface area (Å²) in [5, 5.41) is 5.37. The highest BCUT2D eigenvalue weighted by Crippen LogP contribution is 2.15. The lowest BCUT2D eigenvalue weighted by Gasteiger charge is -2.07. The quantitative estimate of drug-likeness (QED) is 0.593. The summed E-state index contributed by atoms with van der Waals surface area (Å²) < 4.78 is 16.1. The van der Waals surface area contributed by atoms with E-state index in [1.807, 2.05) is 13.8 Å². The number of nitrogens with zero attached hydrogens (tertiary/aromatic N) is 3. The van der Waals surface area contributed by atoms with E-state index in [9.17, 15) is 18.8 Å². The zero-order valence-corrected chi connectivity index (χ0v) is 16.9. The first-order valence-electron chi connectivity index (χ1n) is 9.84. The molecule has 3 aromatic rings. The minimum Gasteiger partial charge on any atom is -0.352 e. The summed E-state index contributed by atoms with van der Waals surface area (Å²) in [5.41, 5.74) is 1.86. The predicted octanol–water partition coefficient (Wildman–Crippen LogP) is 2.41. The number of imidazole rings is 1. The van der Waals surface area contributed by atoms with Crippen LogP contribution in [0.5, 0.6) is 0 Å². The molecule has 2 N–H and O–H groups in total. The number of aromatic nitrogens is 3. The van der Waals surface area contributed by atoms with E-state index in [0.29, 0.717) is 30.1 Å². The number of pyridine rings is 1. The molecule has 1 aromatic carbocycles. The molecule has 9 heteroatoms. The monoisotopic (exact) mass is 413 g/mol. The first-order chi connectivity index (χ1) is 14.4. The Bertz CT molecular complexity index is 1120. The maximum absolute atomic E-state index is 12.9. The van der Waals surface area contributed by atoms with E-state index in [1.165, 1.54) is 12.1 Å². The zero-order chi connectivity index (χ0) is 21.7. The number of nitrogens with one attached hydrogen (secondary N) is 2. The van der Waals surface area contributed by atoms with Crippen LogP contribution in [0.3, 0.4) is 0 Å². The molecule has 0 bridgehead atoms. The largest absolute Gasteiger partial charge is 0.352 e. The molecule has 158 valence electrons. The summed E-state index contributed by atoms with van der Waals surface area (Å²) in [7, 11) is 0. The average molecular weight is 413 g/mol. The van der Waals surface area contributed by atoms with Crippen LogP contribution >= 0.6 is 0 Å². The number of anilines is 1. The molecule has 0 aliphatic rings. The number of aryl methyl sites for hydroxylation is 2. The third-order valence-electron chi connectivity index (χ3n) is 4.74. The van der Waals surface area contributed by atoms with Crippen LogP contribution in [0.25, 0.3) is 11.2 Å². The Morgan fingerprint density at radius 1 is 0.967 bits per heavy atom. The summed E-state index contributed by atoms with van der Waals surface area (Å²) in [5.74, 6) is -0.637. The van der Waals surface area contributed by atoms with E-state index >= 15 is 0 Å². The number of halogens is 1. The maximum Gasteiger partial charge on any atom is 0.330 e. The van der Waals surface area contributed by atoms with Crippen molar-refractivity contribution in [1.29, 1.82) is 0 Å². The van der Waals surface area contributed by atoms with Gasteiger partial charge in [-0.2, -0.15) is 0 Å². The molecule has 0 saturated carbocycles. The van der Waals surface area contributed by atoms with Gasteiger partial charge < -0.3 is 10.6 Å². The van der Waals surface area contributed by atoms with E-state index in [0.717, 1.165) is 5.56 Å². The van der Waals surface area contributed by atoms with Crippen LogP contribution in [0.4, 0.5) is 10.2 Å². The second-order valence-electron chi connectivity index (χ2n) is 6.76. The minimum absolute atomic E-state index is 0.00841. The van der Waals surface area contributed by atoms with Gasteiger partial charge in [-0.3, -0.25) is 18.7 Å². The predicted molar refractivity (Wildman–Crippen MR) is 111 cm³/mol. The smallest absolute Gasteiger partial charge is 0.330 e. The molecule has 0 aliphatic carbocycles. The van der Waals surface area contributed by atoms with Crippen molar-refractivity contribution in [3.8, 4) is 0 Å². The molecule has 2 amide bonds. The molecule has 8 nitrogen and oxygen atoms in total. The number of hydrogen-bond donors (Lipinski definition) is 2. The topological polar surface area (TPSA) is 98.0 Å². The summed E-state index contributed by atoms with van der Waals surface area (Å²) >= 11 is 0. The third-order valence-corrected chi connectivity index (χ3v) is 4.74. The lowest BCUT2D eigenvalue weighted by atomic mass is 10.2. The molecule has 0 spiro atoms. The van der Waals surface area contributed by atoms with Gasteiger partial charge in [-0.1, -0.05) is 12.1 Å². The van der Waals surface area contributed by atoms with Crippen molar-refractivity contribution in [3.63, 3.8) is 0 Å². The van der Waals surface area contributed by atoms with Gasteiger partial charge in [0.25, 0.3) is 0 Å². The van der Waals surface area contributed by atoms with Gasteiger partial charge in [0, 0.05) is 32.5 Å². The Morgan fingerprint density at radius 2 is 1.63 bits per heavy atom. The Morgan fingerprint density at radius 3 is 2.30 bits per heavy atom. The van der Waals surface area contributed by atoms with E-state index < -0.39 is 0 Å². The van der Waals surface area contributed by atoms with Gasteiger partial charge in [-0.15, -0.1) is 0 Å². The molecule has 0 aliphatic heterocycles. The van der Waals surface area contributed by atoms with Crippen molar-refractivity contribution in [2.45, 2.75) is 46.3 Å². The van der Waals surface area contributed by atoms with Crippen molar-refractivity contribution in [2.75, 3.05) is 5.32 Å². The first kappa shape index (κ1) is 21.2. The van der Waals surface area contributed by atoms with Crippen LogP contribution < -0.4 is 16.3 Å². The van der Waals surface area contributed by atoms with Crippen LogP contribution in [0, 0.1) is 5.82 Å². The van der Waals surface area contributed by atoms with E-state index in [1.54, 1.807) is 33.4 Å². The molecule has 0 fully saturated rings. The molecular weight excluding hydrogens is 389 g/mol. The molecule has 3 rings (SSSR count). The molecule has 0 saturated heterocycles. The standard InChI is InChI=1S/C21H24FN5O3/c1-3-26-16-9-10-17(25-20(16)27(4-2)21(26)30)24-19(29)12-11-18(28)23-13-14-5-7-15(22)8-6-14/h5-10H,3-4,11-13H2,1-2H3,(H,23,28)(H,24,25,29). The number of benzene rings is 1. The highest BCUT2D eigenvalue weighted by atomic mass is 19.1. The number of fused-ring (bicyclic) bond motifs is 1. The summed E-state index contributed by atoms with van der Waals surface area (Å²) in [4.78, 5) is 40.9.